The fourth-order valence-electron chi connectivity index (χ4n) is 4.67. The van der Waals surface area contributed by atoms with Crippen molar-refractivity contribution < 1.29 is 8.42 Å². The molecule has 3 aromatic heterocycles. The molecule has 5 rings (SSSR count). The van der Waals surface area contributed by atoms with Gasteiger partial charge in [0, 0.05) is 43.0 Å². The molecule has 172 valence electrons. The smallest absolute Gasteiger partial charge is 0.150 e. The van der Waals surface area contributed by atoms with Crippen molar-refractivity contribution in [3.05, 3.63) is 66.6 Å². The lowest BCUT2D eigenvalue weighted by atomic mass is 10.1. The Hall–Kier alpha value is -2.97. The molecule has 0 N–H and O–H groups in total. The summed E-state index contributed by atoms with van der Waals surface area (Å²) in [5.74, 6) is 0.600. The van der Waals surface area contributed by atoms with Gasteiger partial charge in [0.05, 0.1) is 29.1 Å². The quantitative estimate of drug-likeness (QED) is 0.438. The molecule has 4 aromatic rings. The number of benzene rings is 1. The van der Waals surface area contributed by atoms with Gasteiger partial charge < -0.3 is 4.90 Å². The van der Waals surface area contributed by atoms with E-state index in [0.29, 0.717) is 17.5 Å². The van der Waals surface area contributed by atoms with Crippen LogP contribution in [-0.2, 0) is 23.3 Å². The molecule has 0 saturated carbocycles. The van der Waals surface area contributed by atoms with E-state index in [1.807, 2.05) is 37.6 Å². The maximum Gasteiger partial charge on any atom is 0.150 e. The monoisotopic (exact) mass is 463 g/mol. The zero-order valence-electron chi connectivity index (χ0n) is 19.1. The normalized spacial score (nSPS) is 16.6. The second kappa shape index (κ2) is 8.76. The highest BCUT2D eigenvalue weighted by molar-refractivity contribution is 7.91. The predicted molar refractivity (Wildman–Crippen MR) is 131 cm³/mol. The van der Waals surface area contributed by atoms with Crippen LogP contribution in [0.1, 0.15) is 18.4 Å². The van der Waals surface area contributed by atoms with Crippen molar-refractivity contribution >= 4 is 20.9 Å². The van der Waals surface area contributed by atoms with Crippen molar-refractivity contribution in [2.45, 2.75) is 25.3 Å². The van der Waals surface area contributed by atoms with Crippen LogP contribution in [0.25, 0.3) is 28.0 Å². The number of hydrogen-bond acceptors (Lipinski definition) is 5. The first-order valence-electron chi connectivity index (χ1n) is 11.4. The zero-order valence-corrected chi connectivity index (χ0v) is 19.9. The third-order valence-electron chi connectivity index (χ3n) is 6.65. The molecule has 0 bridgehead atoms. The van der Waals surface area contributed by atoms with E-state index < -0.39 is 9.84 Å². The second-order valence-electron chi connectivity index (χ2n) is 8.94. The molecule has 1 fully saturated rings. The molecule has 1 aromatic carbocycles. The minimum atomic E-state index is -2.84. The van der Waals surface area contributed by atoms with Crippen molar-refractivity contribution in [1.29, 1.82) is 0 Å². The van der Waals surface area contributed by atoms with Gasteiger partial charge >= 0.3 is 0 Å². The maximum atomic E-state index is 11.8. The minimum absolute atomic E-state index is 0.300. The highest BCUT2D eigenvalue weighted by atomic mass is 32.2. The summed E-state index contributed by atoms with van der Waals surface area (Å²) >= 11 is 0. The largest absolute Gasteiger partial charge is 0.303 e. The molecule has 0 amide bonds. The number of fused-ring (bicyclic) bond motifs is 1. The third kappa shape index (κ3) is 4.58. The highest BCUT2D eigenvalue weighted by Gasteiger charge is 2.26. The molecule has 0 unspecified atom stereocenters. The van der Waals surface area contributed by atoms with Gasteiger partial charge in [-0.3, -0.25) is 9.25 Å². The van der Waals surface area contributed by atoms with E-state index in [-0.39, 0.29) is 0 Å². The number of likely N-dealkylation sites (N-methyl/N-ethyl adjacent to an activating group) is 1. The standard InChI is InChI=1S/C25H29N5O2S/c1-28(21-11-14-33(31,32)15-12-21)13-10-20-17-30(22-16-26-29(2)18-22)25-23(20)8-9-24(27-25)19-6-4-3-5-7-19/h3-9,16-18,21H,10-15H2,1-2H3. The molecular weight excluding hydrogens is 434 g/mol. The summed E-state index contributed by atoms with van der Waals surface area (Å²) in [5.41, 5.74) is 5.17. The summed E-state index contributed by atoms with van der Waals surface area (Å²) < 4.78 is 27.5. The summed E-state index contributed by atoms with van der Waals surface area (Å²) in [6.45, 7) is 0.872. The summed E-state index contributed by atoms with van der Waals surface area (Å²) in [4.78, 5) is 7.34. The van der Waals surface area contributed by atoms with Crippen molar-refractivity contribution in [2.24, 2.45) is 7.05 Å². The fourth-order valence-corrected chi connectivity index (χ4v) is 6.13. The van der Waals surface area contributed by atoms with Gasteiger partial charge in [0.25, 0.3) is 0 Å². The van der Waals surface area contributed by atoms with E-state index in [2.05, 4.69) is 52.1 Å². The Morgan fingerprint density at radius 2 is 1.82 bits per heavy atom. The third-order valence-corrected chi connectivity index (χ3v) is 8.37. The van der Waals surface area contributed by atoms with Crippen LogP contribution in [0.3, 0.4) is 0 Å². The minimum Gasteiger partial charge on any atom is -0.303 e. The van der Waals surface area contributed by atoms with Gasteiger partial charge in [-0.15, -0.1) is 0 Å². The predicted octanol–water partition coefficient (Wildman–Crippen LogP) is 3.48. The average molecular weight is 464 g/mol. The Balaban J connectivity index is 1.45. The van der Waals surface area contributed by atoms with Gasteiger partial charge in [-0.25, -0.2) is 13.4 Å². The van der Waals surface area contributed by atoms with Crippen molar-refractivity contribution in [1.82, 2.24) is 24.2 Å². The summed E-state index contributed by atoms with van der Waals surface area (Å²) in [6.07, 6.45) is 8.33. The highest BCUT2D eigenvalue weighted by Crippen LogP contribution is 2.28. The molecule has 8 heteroatoms. The SMILES string of the molecule is CN(CCc1cn(-c2cnn(C)c2)c2nc(-c3ccccc3)ccc12)C1CCS(=O)(=O)CC1. The molecule has 33 heavy (non-hydrogen) atoms. The number of rotatable bonds is 6. The van der Waals surface area contributed by atoms with Crippen LogP contribution in [0, 0.1) is 0 Å². The molecule has 0 radical (unpaired) electrons. The van der Waals surface area contributed by atoms with Crippen molar-refractivity contribution in [2.75, 3.05) is 25.1 Å². The Kier molecular flexibility index (Phi) is 5.80. The van der Waals surface area contributed by atoms with Crippen LogP contribution in [0.15, 0.2) is 61.1 Å². The molecule has 1 aliphatic heterocycles. The van der Waals surface area contributed by atoms with Gasteiger partial charge in [-0.05, 0) is 44.0 Å². The van der Waals surface area contributed by atoms with E-state index in [1.54, 1.807) is 4.68 Å². The zero-order chi connectivity index (χ0) is 23.0. The van der Waals surface area contributed by atoms with Gasteiger partial charge in [-0.2, -0.15) is 5.10 Å². The van der Waals surface area contributed by atoms with Crippen LogP contribution >= 0.6 is 0 Å². The number of sulfone groups is 1. The first kappa shape index (κ1) is 21.9. The molecule has 0 spiro atoms. The van der Waals surface area contributed by atoms with E-state index in [4.69, 9.17) is 4.98 Å². The molecular formula is C25H29N5O2S. The Morgan fingerprint density at radius 3 is 2.52 bits per heavy atom. The topological polar surface area (TPSA) is 73.0 Å². The summed E-state index contributed by atoms with van der Waals surface area (Å²) in [6, 6.07) is 14.8. The molecule has 0 aliphatic carbocycles. The Labute approximate surface area is 194 Å². The Bertz CT molecular complexity index is 1360. The first-order valence-corrected chi connectivity index (χ1v) is 13.2. The van der Waals surface area contributed by atoms with Crippen molar-refractivity contribution in [3.63, 3.8) is 0 Å². The maximum absolute atomic E-state index is 11.8. The van der Waals surface area contributed by atoms with E-state index >= 15 is 0 Å². The summed E-state index contributed by atoms with van der Waals surface area (Å²) in [7, 11) is 1.18. The van der Waals surface area contributed by atoms with E-state index in [9.17, 15) is 8.42 Å². The van der Waals surface area contributed by atoms with Gasteiger partial charge in [0.1, 0.15) is 15.5 Å². The van der Waals surface area contributed by atoms with E-state index in [1.165, 1.54) is 5.56 Å². The number of aryl methyl sites for hydroxylation is 1. The lowest BCUT2D eigenvalue weighted by molar-refractivity contribution is 0.229. The number of pyridine rings is 1. The lowest BCUT2D eigenvalue weighted by Gasteiger charge is -2.31. The number of hydrogen-bond donors (Lipinski definition) is 0. The average Bonchev–Trinajstić information content (AvgIpc) is 3.41. The number of aromatic nitrogens is 4. The number of nitrogens with zero attached hydrogens (tertiary/aromatic N) is 5. The van der Waals surface area contributed by atoms with Crippen LogP contribution < -0.4 is 0 Å². The van der Waals surface area contributed by atoms with Crippen LogP contribution in [-0.4, -0.2) is 63.8 Å². The lowest BCUT2D eigenvalue weighted by Crippen LogP contribution is -2.39. The van der Waals surface area contributed by atoms with Crippen LogP contribution in [0.4, 0.5) is 0 Å². The van der Waals surface area contributed by atoms with Crippen LogP contribution in [0.2, 0.25) is 0 Å². The van der Waals surface area contributed by atoms with Gasteiger partial charge in [0.2, 0.25) is 0 Å². The van der Waals surface area contributed by atoms with Gasteiger partial charge in [0.15, 0.2) is 0 Å². The molecule has 4 heterocycles. The van der Waals surface area contributed by atoms with Crippen molar-refractivity contribution in [3.8, 4) is 16.9 Å². The molecule has 0 atom stereocenters. The van der Waals surface area contributed by atoms with Gasteiger partial charge in [-0.1, -0.05) is 30.3 Å². The second-order valence-corrected chi connectivity index (χ2v) is 11.2. The summed E-state index contributed by atoms with van der Waals surface area (Å²) in [5, 5.41) is 5.48. The fraction of sp³-hybridized carbons (Fsp3) is 0.360. The molecule has 7 nitrogen and oxygen atoms in total. The van der Waals surface area contributed by atoms with E-state index in [0.717, 1.165) is 53.8 Å². The van der Waals surface area contributed by atoms with Crippen LogP contribution in [0.5, 0.6) is 0 Å². The molecule has 1 aliphatic rings. The Morgan fingerprint density at radius 1 is 1.06 bits per heavy atom. The molecule has 1 saturated heterocycles. The first-order chi connectivity index (χ1) is 15.9.